The third kappa shape index (κ3) is 2.15. The van der Waals surface area contributed by atoms with Gasteiger partial charge in [-0.3, -0.25) is 10.5 Å². The van der Waals surface area contributed by atoms with Gasteiger partial charge in [0.1, 0.15) is 0 Å². The van der Waals surface area contributed by atoms with Crippen molar-refractivity contribution in [2.45, 2.75) is 6.04 Å². The number of hydrogen-bond acceptors (Lipinski definition) is 4. The van der Waals surface area contributed by atoms with Crippen molar-refractivity contribution in [3.8, 4) is 0 Å². The molecule has 1 unspecified atom stereocenters. The summed E-state index contributed by atoms with van der Waals surface area (Å²) in [4.78, 5) is 1.05. The Morgan fingerprint density at radius 1 is 1.32 bits per heavy atom. The van der Waals surface area contributed by atoms with Crippen LogP contribution in [-0.2, 0) is 7.05 Å². The molecule has 0 spiro atoms. The van der Waals surface area contributed by atoms with E-state index in [1.807, 2.05) is 42.1 Å². The maximum Gasteiger partial charge on any atom is 0.0998 e. The highest BCUT2D eigenvalue weighted by Gasteiger charge is 2.21. The number of aryl methyl sites for hydroxylation is 1. The summed E-state index contributed by atoms with van der Waals surface area (Å²) in [5, 5.41) is 5.68. The highest BCUT2D eigenvalue weighted by atomic mass is 35.5. The Kier molecular flexibility index (Phi) is 3.28. The Morgan fingerprint density at radius 3 is 2.79 bits per heavy atom. The molecule has 0 aliphatic carbocycles. The monoisotopic (exact) mass is 292 g/mol. The molecule has 4 nitrogen and oxygen atoms in total. The molecule has 1 atom stereocenters. The largest absolute Gasteiger partial charge is 0.270 e. The van der Waals surface area contributed by atoms with Crippen molar-refractivity contribution in [3.05, 3.63) is 51.3 Å². The van der Waals surface area contributed by atoms with E-state index in [0.29, 0.717) is 0 Å². The van der Waals surface area contributed by atoms with E-state index in [4.69, 9.17) is 17.4 Å². The van der Waals surface area contributed by atoms with Crippen LogP contribution in [-0.4, -0.2) is 9.78 Å². The first-order valence-corrected chi connectivity index (χ1v) is 7.03. The zero-order valence-corrected chi connectivity index (χ0v) is 11.9. The van der Waals surface area contributed by atoms with Gasteiger partial charge in [0.2, 0.25) is 0 Å². The first-order chi connectivity index (χ1) is 9.20. The Hall–Kier alpha value is -1.40. The number of hydrogen-bond donors (Lipinski definition) is 2. The van der Waals surface area contributed by atoms with E-state index in [9.17, 15) is 0 Å². The number of hydrazine groups is 1. The molecule has 19 heavy (non-hydrogen) atoms. The number of nitrogens with zero attached hydrogens (tertiary/aromatic N) is 2. The molecule has 3 aromatic rings. The van der Waals surface area contributed by atoms with Crippen LogP contribution in [0.5, 0.6) is 0 Å². The van der Waals surface area contributed by atoms with Crippen molar-refractivity contribution in [2.75, 3.05) is 0 Å². The molecule has 1 aromatic carbocycles. The van der Waals surface area contributed by atoms with Gasteiger partial charge >= 0.3 is 0 Å². The van der Waals surface area contributed by atoms with Gasteiger partial charge < -0.3 is 0 Å². The minimum atomic E-state index is -0.149. The van der Waals surface area contributed by atoms with E-state index in [0.717, 1.165) is 25.8 Å². The quantitative estimate of drug-likeness (QED) is 0.576. The second-order valence-electron chi connectivity index (χ2n) is 4.27. The van der Waals surface area contributed by atoms with E-state index in [-0.39, 0.29) is 6.04 Å². The number of fused-ring (bicyclic) bond motifs is 1. The minimum Gasteiger partial charge on any atom is -0.270 e. The maximum atomic E-state index is 6.00. The topological polar surface area (TPSA) is 55.9 Å². The summed E-state index contributed by atoms with van der Waals surface area (Å²) < 4.78 is 2.61. The van der Waals surface area contributed by atoms with Gasteiger partial charge in [-0.1, -0.05) is 29.8 Å². The Bertz CT molecular complexity index is 718. The number of benzene rings is 1. The summed E-state index contributed by atoms with van der Waals surface area (Å²) in [7, 11) is 1.93. The summed E-state index contributed by atoms with van der Waals surface area (Å²) in [6, 6.07) is 11.8. The molecule has 0 aliphatic rings. The van der Waals surface area contributed by atoms with Gasteiger partial charge in [-0.2, -0.15) is 5.10 Å². The number of nitrogens with one attached hydrogen (secondary N) is 1. The molecule has 3 N–H and O–H groups in total. The summed E-state index contributed by atoms with van der Waals surface area (Å²) in [5.41, 5.74) is 4.83. The lowest BCUT2D eigenvalue weighted by Gasteiger charge is -2.11. The molecular formula is C13H13ClN4S. The molecule has 98 valence electrons. The van der Waals surface area contributed by atoms with E-state index >= 15 is 0 Å². The van der Waals surface area contributed by atoms with Crippen LogP contribution in [0.4, 0.5) is 0 Å². The SMILES string of the molecule is Cn1nc(C(NN)c2ccc(Cl)s2)c2ccccc21. The molecule has 0 aliphatic heterocycles. The second-order valence-corrected chi connectivity index (χ2v) is 6.01. The van der Waals surface area contributed by atoms with Crippen LogP contribution in [0.2, 0.25) is 4.34 Å². The van der Waals surface area contributed by atoms with Crippen molar-refractivity contribution in [1.82, 2.24) is 15.2 Å². The summed E-state index contributed by atoms with van der Waals surface area (Å²) >= 11 is 7.50. The fourth-order valence-corrected chi connectivity index (χ4v) is 3.36. The Balaban J connectivity index is 2.16. The zero-order valence-electron chi connectivity index (χ0n) is 10.3. The molecule has 2 heterocycles. The Labute approximate surface area is 119 Å². The predicted molar refractivity (Wildman–Crippen MR) is 79.2 cm³/mol. The first kappa shape index (κ1) is 12.6. The lowest BCUT2D eigenvalue weighted by atomic mass is 10.1. The van der Waals surface area contributed by atoms with Crippen LogP contribution in [0.1, 0.15) is 16.6 Å². The number of para-hydroxylation sites is 1. The molecule has 0 radical (unpaired) electrons. The number of nitrogens with two attached hydrogens (primary N) is 1. The minimum absolute atomic E-state index is 0.149. The molecule has 3 rings (SSSR count). The fourth-order valence-electron chi connectivity index (χ4n) is 2.23. The van der Waals surface area contributed by atoms with Crippen LogP contribution < -0.4 is 11.3 Å². The van der Waals surface area contributed by atoms with Gasteiger partial charge in [-0.15, -0.1) is 11.3 Å². The van der Waals surface area contributed by atoms with Crippen molar-refractivity contribution >= 4 is 33.8 Å². The molecule has 6 heteroatoms. The van der Waals surface area contributed by atoms with Crippen molar-refractivity contribution < 1.29 is 0 Å². The fraction of sp³-hybridized carbons (Fsp3) is 0.154. The van der Waals surface area contributed by atoms with Gasteiger partial charge in [0.15, 0.2) is 0 Å². The molecule has 0 bridgehead atoms. The summed E-state index contributed by atoms with van der Waals surface area (Å²) in [6.07, 6.45) is 0. The maximum absolute atomic E-state index is 6.00. The smallest absolute Gasteiger partial charge is 0.0998 e. The average Bonchev–Trinajstić information content (AvgIpc) is 2.97. The normalized spacial score (nSPS) is 13.0. The predicted octanol–water partition coefficient (Wildman–Crippen LogP) is 2.84. The van der Waals surface area contributed by atoms with Gasteiger partial charge in [0.05, 0.1) is 21.6 Å². The van der Waals surface area contributed by atoms with Crippen LogP contribution in [0.25, 0.3) is 10.9 Å². The first-order valence-electron chi connectivity index (χ1n) is 5.83. The molecule has 0 amide bonds. The number of rotatable bonds is 3. The van der Waals surface area contributed by atoms with Crippen molar-refractivity contribution in [2.24, 2.45) is 12.9 Å². The summed E-state index contributed by atoms with van der Waals surface area (Å²) in [5.74, 6) is 5.71. The Morgan fingerprint density at radius 2 is 2.11 bits per heavy atom. The van der Waals surface area contributed by atoms with E-state index in [1.165, 1.54) is 11.3 Å². The molecule has 0 saturated heterocycles. The number of halogens is 1. The number of thiophene rings is 1. The van der Waals surface area contributed by atoms with Crippen molar-refractivity contribution in [3.63, 3.8) is 0 Å². The lowest BCUT2D eigenvalue weighted by Crippen LogP contribution is -2.28. The number of aromatic nitrogens is 2. The van der Waals surface area contributed by atoms with Gasteiger partial charge in [0, 0.05) is 17.3 Å². The molecule has 0 fully saturated rings. The van der Waals surface area contributed by atoms with E-state index in [1.54, 1.807) is 0 Å². The lowest BCUT2D eigenvalue weighted by molar-refractivity contribution is 0.616. The third-order valence-corrected chi connectivity index (χ3v) is 4.40. The average molecular weight is 293 g/mol. The van der Waals surface area contributed by atoms with Gasteiger partial charge in [-0.25, -0.2) is 5.43 Å². The second kappa shape index (κ2) is 4.94. The summed E-state index contributed by atoms with van der Waals surface area (Å²) in [6.45, 7) is 0. The molecule has 0 saturated carbocycles. The van der Waals surface area contributed by atoms with Crippen LogP contribution in [0.15, 0.2) is 36.4 Å². The third-order valence-electron chi connectivity index (χ3n) is 3.10. The van der Waals surface area contributed by atoms with E-state index in [2.05, 4.69) is 16.6 Å². The highest BCUT2D eigenvalue weighted by molar-refractivity contribution is 7.16. The standard InChI is InChI=1S/C13H13ClN4S/c1-18-9-5-3-2-4-8(9)12(17-18)13(16-15)10-6-7-11(14)19-10/h2-7,13,16H,15H2,1H3. The van der Waals surface area contributed by atoms with Crippen LogP contribution >= 0.6 is 22.9 Å². The zero-order chi connectivity index (χ0) is 13.4. The van der Waals surface area contributed by atoms with Crippen LogP contribution in [0.3, 0.4) is 0 Å². The molecule has 2 aromatic heterocycles. The van der Waals surface area contributed by atoms with Gasteiger partial charge in [-0.05, 0) is 18.2 Å². The van der Waals surface area contributed by atoms with Crippen molar-refractivity contribution in [1.29, 1.82) is 0 Å². The molecular weight excluding hydrogens is 280 g/mol. The van der Waals surface area contributed by atoms with E-state index < -0.39 is 0 Å². The highest BCUT2D eigenvalue weighted by Crippen LogP contribution is 2.33. The van der Waals surface area contributed by atoms with Crippen LogP contribution in [0, 0.1) is 0 Å². The van der Waals surface area contributed by atoms with Gasteiger partial charge in [0.25, 0.3) is 0 Å².